The lowest BCUT2D eigenvalue weighted by Crippen LogP contribution is -1.98. The Morgan fingerprint density at radius 2 is 1.92 bits per heavy atom. The molecule has 0 bridgehead atoms. The summed E-state index contributed by atoms with van der Waals surface area (Å²) in [6.07, 6.45) is 3.11. The number of carbonyl (C=O) groups excluding carboxylic acids is 1. The van der Waals surface area contributed by atoms with Crippen LogP contribution in [0.15, 0.2) is 48.0 Å². The highest BCUT2D eigenvalue weighted by atomic mass is 35.5. The summed E-state index contributed by atoms with van der Waals surface area (Å²) in [6, 6.07) is 9.58. The lowest BCUT2D eigenvalue weighted by atomic mass is 10.1. The Bertz CT molecular complexity index is 964. The van der Waals surface area contributed by atoms with Gasteiger partial charge in [0.05, 0.1) is 10.5 Å². The fraction of sp³-hybridized carbons (Fsp3) is 0.0556. The van der Waals surface area contributed by atoms with Gasteiger partial charge in [-0.2, -0.15) is 0 Å². The Labute approximate surface area is 153 Å². The molecule has 1 aliphatic rings. The minimum Gasteiger partial charge on any atom is -0.422 e. The maximum absolute atomic E-state index is 12.1. The van der Waals surface area contributed by atoms with E-state index in [2.05, 4.69) is 0 Å². The van der Waals surface area contributed by atoms with E-state index < -0.39 is 10.9 Å². The molecular weight excluding hydrogens is 365 g/mol. The van der Waals surface area contributed by atoms with Crippen LogP contribution in [0, 0.1) is 17.0 Å². The number of rotatable bonds is 3. The van der Waals surface area contributed by atoms with Gasteiger partial charge in [-0.15, -0.1) is 0 Å². The first kappa shape index (κ1) is 17.2. The molecule has 1 heterocycles. The van der Waals surface area contributed by atoms with Crippen LogP contribution in [-0.4, -0.2) is 10.9 Å². The molecule has 5 nitrogen and oxygen atoms in total. The highest BCUT2D eigenvalue weighted by Crippen LogP contribution is 2.32. The number of hydrogen-bond acceptors (Lipinski definition) is 4. The van der Waals surface area contributed by atoms with Gasteiger partial charge in [0.1, 0.15) is 5.76 Å². The van der Waals surface area contributed by atoms with Crippen LogP contribution < -0.4 is 0 Å². The SMILES string of the molecule is Cc1ccc(C2=C/C(=C\c3ccc(Cl)cc3Cl)C(=O)O2)cc1[N+](=O)[O-]. The third-order valence-corrected chi connectivity index (χ3v) is 4.25. The van der Waals surface area contributed by atoms with Crippen molar-refractivity contribution in [1.82, 2.24) is 0 Å². The smallest absolute Gasteiger partial charge is 0.343 e. The van der Waals surface area contributed by atoms with Crippen molar-refractivity contribution in [3.63, 3.8) is 0 Å². The molecule has 126 valence electrons. The minimum atomic E-state index is -0.552. The van der Waals surface area contributed by atoms with Crippen LogP contribution in [0.4, 0.5) is 5.69 Å². The van der Waals surface area contributed by atoms with Crippen LogP contribution in [-0.2, 0) is 9.53 Å². The number of cyclic esters (lactones) is 1. The zero-order chi connectivity index (χ0) is 18.1. The van der Waals surface area contributed by atoms with E-state index in [9.17, 15) is 14.9 Å². The molecule has 0 N–H and O–H groups in total. The molecule has 0 fully saturated rings. The average molecular weight is 376 g/mol. The molecule has 0 amide bonds. The molecule has 0 saturated carbocycles. The Morgan fingerprint density at radius 3 is 2.60 bits per heavy atom. The number of nitro groups is 1. The molecule has 2 aromatic rings. The Kier molecular flexibility index (Phi) is 4.61. The molecule has 0 aliphatic carbocycles. The molecule has 0 saturated heterocycles. The predicted molar refractivity (Wildman–Crippen MR) is 96.3 cm³/mol. The van der Waals surface area contributed by atoms with Gasteiger partial charge in [0.2, 0.25) is 0 Å². The van der Waals surface area contributed by atoms with E-state index in [-0.39, 0.29) is 11.4 Å². The number of halogens is 2. The summed E-state index contributed by atoms with van der Waals surface area (Å²) in [5, 5.41) is 12.0. The van der Waals surface area contributed by atoms with Crippen LogP contribution >= 0.6 is 23.2 Å². The number of esters is 1. The fourth-order valence-corrected chi connectivity index (χ4v) is 2.84. The lowest BCUT2D eigenvalue weighted by molar-refractivity contribution is -0.385. The van der Waals surface area contributed by atoms with Crippen LogP contribution in [0.25, 0.3) is 11.8 Å². The Morgan fingerprint density at radius 1 is 1.16 bits per heavy atom. The first-order valence-electron chi connectivity index (χ1n) is 7.21. The Balaban J connectivity index is 1.99. The molecule has 0 spiro atoms. The van der Waals surface area contributed by atoms with Crippen molar-refractivity contribution in [2.75, 3.05) is 0 Å². The summed E-state index contributed by atoms with van der Waals surface area (Å²) < 4.78 is 5.23. The minimum absolute atomic E-state index is 0.0346. The highest BCUT2D eigenvalue weighted by molar-refractivity contribution is 6.35. The second-order valence-electron chi connectivity index (χ2n) is 5.42. The number of hydrogen-bond donors (Lipinski definition) is 0. The zero-order valence-corrected chi connectivity index (χ0v) is 14.5. The van der Waals surface area contributed by atoms with Crippen molar-refractivity contribution >= 4 is 46.7 Å². The first-order valence-corrected chi connectivity index (χ1v) is 7.97. The van der Waals surface area contributed by atoms with Crippen molar-refractivity contribution in [2.24, 2.45) is 0 Å². The molecule has 2 aromatic carbocycles. The highest BCUT2D eigenvalue weighted by Gasteiger charge is 2.24. The summed E-state index contributed by atoms with van der Waals surface area (Å²) in [6.45, 7) is 1.64. The largest absolute Gasteiger partial charge is 0.422 e. The van der Waals surface area contributed by atoms with Crippen LogP contribution in [0.2, 0.25) is 10.0 Å². The van der Waals surface area contributed by atoms with Crippen molar-refractivity contribution in [1.29, 1.82) is 0 Å². The summed E-state index contributed by atoms with van der Waals surface area (Å²) in [4.78, 5) is 22.7. The average Bonchev–Trinajstić information content (AvgIpc) is 2.91. The molecule has 0 atom stereocenters. The van der Waals surface area contributed by atoms with Gasteiger partial charge in [0.15, 0.2) is 0 Å². The van der Waals surface area contributed by atoms with E-state index in [1.807, 2.05) is 0 Å². The molecule has 0 radical (unpaired) electrons. The molecule has 7 heteroatoms. The molecule has 0 unspecified atom stereocenters. The van der Waals surface area contributed by atoms with Crippen molar-refractivity contribution in [3.8, 4) is 0 Å². The van der Waals surface area contributed by atoms with E-state index in [1.165, 1.54) is 12.1 Å². The number of nitrogens with zero attached hydrogens (tertiary/aromatic N) is 1. The monoisotopic (exact) mass is 375 g/mol. The van der Waals surface area contributed by atoms with Gasteiger partial charge in [-0.25, -0.2) is 4.79 Å². The lowest BCUT2D eigenvalue weighted by Gasteiger charge is -2.03. The van der Waals surface area contributed by atoms with Gasteiger partial charge in [-0.05, 0) is 36.8 Å². The summed E-state index contributed by atoms with van der Waals surface area (Å²) in [5.74, 6) is -0.298. The number of carbonyl (C=O) groups is 1. The standard InChI is InChI=1S/C18H11Cl2NO4/c1-10-2-3-12(7-16(10)21(23)24)17-8-13(18(22)25-17)6-11-4-5-14(19)9-15(11)20/h2-9H,1H3/b13-6+. The van der Waals surface area contributed by atoms with Gasteiger partial charge in [0, 0.05) is 27.2 Å². The molecule has 1 aliphatic heterocycles. The van der Waals surface area contributed by atoms with Crippen LogP contribution in [0.5, 0.6) is 0 Å². The first-order chi connectivity index (χ1) is 11.8. The third-order valence-electron chi connectivity index (χ3n) is 3.69. The Hall–Kier alpha value is -2.63. The van der Waals surface area contributed by atoms with Gasteiger partial charge >= 0.3 is 5.97 Å². The van der Waals surface area contributed by atoms with Crippen molar-refractivity contribution in [3.05, 3.63) is 84.9 Å². The normalized spacial score (nSPS) is 15.2. The molecular formula is C18H11Cl2NO4. The third kappa shape index (κ3) is 3.57. The second kappa shape index (κ2) is 6.70. The van der Waals surface area contributed by atoms with E-state index in [0.29, 0.717) is 32.3 Å². The maximum Gasteiger partial charge on any atom is 0.343 e. The van der Waals surface area contributed by atoms with Gasteiger partial charge in [-0.3, -0.25) is 10.1 Å². The molecule has 25 heavy (non-hydrogen) atoms. The van der Waals surface area contributed by atoms with E-state index >= 15 is 0 Å². The van der Waals surface area contributed by atoms with Gasteiger partial charge < -0.3 is 4.74 Å². The molecule has 3 rings (SSSR count). The summed E-state index contributed by atoms with van der Waals surface area (Å²) in [5.41, 5.74) is 1.86. The number of aryl methyl sites for hydroxylation is 1. The van der Waals surface area contributed by atoms with E-state index in [1.54, 1.807) is 43.3 Å². The van der Waals surface area contributed by atoms with Gasteiger partial charge in [0.25, 0.3) is 5.69 Å². The topological polar surface area (TPSA) is 69.4 Å². The fourth-order valence-electron chi connectivity index (χ4n) is 2.38. The quantitative estimate of drug-likeness (QED) is 0.320. The number of ether oxygens (including phenoxy) is 1. The predicted octanol–water partition coefficient (Wildman–Crippen LogP) is 5.19. The summed E-state index contributed by atoms with van der Waals surface area (Å²) in [7, 11) is 0. The number of benzene rings is 2. The van der Waals surface area contributed by atoms with E-state index in [0.717, 1.165) is 0 Å². The summed E-state index contributed by atoms with van der Waals surface area (Å²) >= 11 is 12.0. The van der Waals surface area contributed by atoms with Crippen LogP contribution in [0.1, 0.15) is 16.7 Å². The maximum atomic E-state index is 12.1. The van der Waals surface area contributed by atoms with Crippen molar-refractivity contribution in [2.45, 2.75) is 6.92 Å². The van der Waals surface area contributed by atoms with Gasteiger partial charge in [-0.1, -0.05) is 41.4 Å². The zero-order valence-electron chi connectivity index (χ0n) is 13.0. The second-order valence-corrected chi connectivity index (χ2v) is 6.27. The van der Waals surface area contributed by atoms with E-state index in [4.69, 9.17) is 27.9 Å². The van der Waals surface area contributed by atoms with Crippen LogP contribution in [0.3, 0.4) is 0 Å². The van der Waals surface area contributed by atoms with Crippen molar-refractivity contribution < 1.29 is 14.5 Å². The number of nitro benzene ring substituents is 1. The molecule has 0 aromatic heterocycles.